The molecule has 0 aromatic heterocycles. The number of amides is 1. The molecule has 2 rings (SSSR count). The quantitative estimate of drug-likeness (QED) is 0.612. The minimum atomic E-state index is -0.155. The van der Waals surface area contributed by atoms with Crippen LogP contribution in [-0.4, -0.2) is 18.6 Å². The highest BCUT2D eigenvalue weighted by Gasteiger charge is 2.23. The second-order valence-electron chi connectivity index (χ2n) is 3.04. The monoisotopic (exact) mass is 169 g/mol. The number of nitrogens with one attached hydrogen (secondary N) is 1. The number of carbonyl (C=O) groups excluding carboxylic acids is 1. The third kappa shape index (κ3) is 1.43. The molecule has 2 aliphatic rings. The average Bonchev–Trinajstić information content (AvgIpc) is 2.47. The highest BCUT2D eigenvalue weighted by atomic mass is 17.2. The summed E-state index contributed by atoms with van der Waals surface area (Å²) in [5.41, 5.74) is 0. The molecule has 0 unspecified atom stereocenters. The molecular weight excluding hydrogens is 158 g/mol. The van der Waals surface area contributed by atoms with Crippen LogP contribution in [0.1, 0.15) is 19.3 Å². The van der Waals surface area contributed by atoms with E-state index in [1.165, 1.54) is 6.42 Å². The average molecular weight is 169 g/mol. The molecule has 1 aliphatic carbocycles. The van der Waals surface area contributed by atoms with E-state index in [0.717, 1.165) is 12.8 Å². The van der Waals surface area contributed by atoms with Gasteiger partial charge in [0, 0.05) is 6.04 Å². The summed E-state index contributed by atoms with van der Waals surface area (Å²) < 4.78 is 0. The fraction of sp³-hybridized carbons (Fsp3) is 0.625. The first kappa shape index (κ1) is 7.61. The lowest BCUT2D eigenvalue weighted by Gasteiger charge is -2.25. The van der Waals surface area contributed by atoms with Gasteiger partial charge in [-0.2, -0.15) is 4.89 Å². The molecule has 1 aliphatic heterocycles. The predicted octanol–water partition coefficient (Wildman–Crippen LogP) is 0.501. The van der Waals surface area contributed by atoms with E-state index in [-0.39, 0.29) is 5.91 Å². The molecule has 1 heterocycles. The summed E-state index contributed by atoms with van der Waals surface area (Å²) >= 11 is 0. The Kier molecular flexibility index (Phi) is 1.99. The molecular formula is C8H11NO3. The van der Waals surface area contributed by atoms with Crippen LogP contribution in [0.4, 0.5) is 0 Å². The van der Waals surface area contributed by atoms with Gasteiger partial charge in [-0.1, -0.05) is 0 Å². The summed E-state index contributed by atoms with van der Waals surface area (Å²) in [5, 5.41) is 2.85. The normalized spacial score (nSPS) is 22.5. The molecule has 0 aromatic rings. The molecule has 1 amide bonds. The summed E-state index contributed by atoms with van der Waals surface area (Å²) in [5.74, 6) is 0.138. The van der Waals surface area contributed by atoms with Gasteiger partial charge in [0.25, 0.3) is 5.91 Å². The first-order valence-electron chi connectivity index (χ1n) is 4.17. The van der Waals surface area contributed by atoms with E-state index in [1.54, 1.807) is 6.08 Å². The Bertz CT molecular complexity index is 220. The smallest absolute Gasteiger partial charge is 0.290 e. The maximum absolute atomic E-state index is 11.3. The van der Waals surface area contributed by atoms with Crippen LogP contribution in [0, 0.1) is 0 Å². The van der Waals surface area contributed by atoms with E-state index in [1.807, 2.05) is 0 Å². The summed E-state index contributed by atoms with van der Waals surface area (Å²) in [6.07, 6.45) is 5.01. The van der Waals surface area contributed by atoms with Crippen molar-refractivity contribution >= 4 is 5.91 Å². The Morgan fingerprint density at radius 1 is 1.58 bits per heavy atom. The highest BCUT2D eigenvalue weighted by molar-refractivity contribution is 5.91. The number of rotatable bonds is 2. The van der Waals surface area contributed by atoms with Gasteiger partial charge in [-0.25, -0.2) is 0 Å². The molecule has 0 aromatic carbocycles. The fourth-order valence-corrected chi connectivity index (χ4v) is 1.18. The van der Waals surface area contributed by atoms with Gasteiger partial charge < -0.3 is 10.2 Å². The van der Waals surface area contributed by atoms with Crippen molar-refractivity contribution in [3.05, 3.63) is 11.8 Å². The summed E-state index contributed by atoms with van der Waals surface area (Å²) in [6.45, 7) is 0.368. The van der Waals surface area contributed by atoms with Crippen LogP contribution in [-0.2, 0) is 14.6 Å². The van der Waals surface area contributed by atoms with Gasteiger partial charge in [-0.05, 0) is 25.3 Å². The zero-order valence-electron chi connectivity index (χ0n) is 6.71. The van der Waals surface area contributed by atoms with Gasteiger partial charge in [0.05, 0.1) is 0 Å². The summed E-state index contributed by atoms with van der Waals surface area (Å²) in [6, 6.07) is 0.350. The van der Waals surface area contributed by atoms with Crippen LogP contribution in [0.3, 0.4) is 0 Å². The Balaban J connectivity index is 1.82. The van der Waals surface area contributed by atoms with E-state index < -0.39 is 0 Å². The Labute approximate surface area is 70.5 Å². The Morgan fingerprint density at radius 2 is 2.42 bits per heavy atom. The first-order valence-corrected chi connectivity index (χ1v) is 4.17. The van der Waals surface area contributed by atoms with Gasteiger partial charge in [0.1, 0.15) is 6.61 Å². The van der Waals surface area contributed by atoms with Gasteiger partial charge in [-0.3, -0.25) is 4.79 Å². The van der Waals surface area contributed by atoms with Crippen molar-refractivity contribution in [2.24, 2.45) is 0 Å². The van der Waals surface area contributed by atoms with Gasteiger partial charge in [0.15, 0.2) is 0 Å². The standard InChI is InChI=1S/C8H11NO3/c10-8(7-4-5-11-12-7)9-6-2-1-3-6/h4,6H,1-3,5H2,(H,9,10). The van der Waals surface area contributed by atoms with E-state index >= 15 is 0 Å². The Morgan fingerprint density at radius 3 is 2.92 bits per heavy atom. The van der Waals surface area contributed by atoms with E-state index in [4.69, 9.17) is 0 Å². The van der Waals surface area contributed by atoms with Crippen LogP contribution in [0.5, 0.6) is 0 Å². The maximum Gasteiger partial charge on any atom is 0.290 e. The molecule has 66 valence electrons. The summed E-state index contributed by atoms with van der Waals surface area (Å²) in [4.78, 5) is 20.5. The van der Waals surface area contributed by atoms with Crippen LogP contribution >= 0.6 is 0 Å². The zero-order valence-corrected chi connectivity index (χ0v) is 6.71. The van der Waals surface area contributed by atoms with Crippen molar-refractivity contribution in [2.45, 2.75) is 25.3 Å². The first-order chi connectivity index (χ1) is 5.86. The maximum atomic E-state index is 11.3. The van der Waals surface area contributed by atoms with Crippen molar-refractivity contribution in [3.63, 3.8) is 0 Å². The lowest BCUT2D eigenvalue weighted by Crippen LogP contribution is -2.40. The van der Waals surface area contributed by atoms with E-state index in [9.17, 15) is 4.79 Å². The molecule has 0 saturated heterocycles. The van der Waals surface area contributed by atoms with Crippen LogP contribution in [0.2, 0.25) is 0 Å². The van der Waals surface area contributed by atoms with Crippen LogP contribution in [0.15, 0.2) is 11.8 Å². The SMILES string of the molecule is O=C(NC1CCC1)C1=CCOO1. The summed E-state index contributed by atoms with van der Waals surface area (Å²) in [7, 11) is 0. The van der Waals surface area contributed by atoms with Gasteiger partial charge >= 0.3 is 0 Å². The van der Waals surface area contributed by atoms with Crippen molar-refractivity contribution in [3.8, 4) is 0 Å². The zero-order chi connectivity index (χ0) is 8.39. The predicted molar refractivity (Wildman–Crippen MR) is 40.9 cm³/mol. The fourth-order valence-electron chi connectivity index (χ4n) is 1.18. The van der Waals surface area contributed by atoms with Crippen LogP contribution < -0.4 is 5.32 Å². The molecule has 1 fully saturated rings. The van der Waals surface area contributed by atoms with Crippen molar-refractivity contribution in [2.75, 3.05) is 6.61 Å². The van der Waals surface area contributed by atoms with Gasteiger partial charge in [0.2, 0.25) is 5.76 Å². The molecule has 4 heteroatoms. The highest BCUT2D eigenvalue weighted by Crippen LogP contribution is 2.19. The van der Waals surface area contributed by atoms with Crippen molar-refractivity contribution in [1.82, 2.24) is 5.32 Å². The van der Waals surface area contributed by atoms with E-state index in [2.05, 4.69) is 15.1 Å². The van der Waals surface area contributed by atoms with Crippen molar-refractivity contribution in [1.29, 1.82) is 0 Å². The second-order valence-corrected chi connectivity index (χ2v) is 3.04. The molecule has 12 heavy (non-hydrogen) atoms. The van der Waals surface area contributed by atoms with Gasteiger partial charge in [-0.15, -0.1) is 0 Å². The lowest BCUT2D eigenvalue weighted by atomic mass is 9.93. The minimum absolute atomic E-state index is 0.155. The van der Waals surface area contributed by atoms with E-state index in [0.29, 0.717) is 18.4 Å². The van der Waals surface area contributed by atoms with Crippen molar-refractivity contribution < 1.29 is 14.6 Å². The Hall–Kier alpha value is -1.03. The molecule has 1 saturated carbocycles. The molecule has 4 nitrogen and oxygen atoms in total. The minimum Gasteiger partial charge on any atom is -0.347 e. The number of hydrogen-bond acceptors (Lipinski definition) is 3. The lowest BCUT2D eigenvalue weighted by molar-refractivity contribution is -0.234. The third-order valence-electron chi connectivity index (χ3n) is 2.15. The number of carbonyl (C=O) groups is 1. The van der Waals surface area contributed by atoms with Crippen LogP contribution in [0.25, 0.3) is 0 Å². The largest absolute Gasteiger partial charge is 0.347 e. The third-order valence-corrected chi connectivity index (χ3v) is 2.15. The topological polar surface area (TPSA) is 47.6 Å². The molecule has 1 N–H and O–H groups in total. The second kappa shape index (κ2) is 3.15. The molecule has 0 radical (unpaired) electrons. The molecule has 0 spiro atoms. The number of hydrogen-bond donors (Lipinski definition) is 1. The molecule has 0 atom stereocenters. The molecule has 0 bridgehead atoms.